The third kappa shape index (κ3) is 31.6. The summed E-state index contributed by atoms with van der Waals surface area (Å²) in [4.78, 5) is 43.9. The standard InChI is InChI=1S/C31H29ClFN3O5.C27H20ClFN2O3.C22H16ClFO3.2C6H8N2O3S.C5H6N2O.C4H9NO3/c1-18(37)30(31(38)39)34-16-19-14-25(32)29(15-28(19)40-17-20-6-5-13-35-36-20)41-27-12-11-22-21(8-4-9-24(22)27)23-7-2-3-10-26(23)33;28-23-13-17(15-32)26(33-16-18-5-4-12-30-31-18)14-27(23)34-25-11-10-20-19(7-3-8-22(20)25)21-6-1-2-9-24(21)29;23-18-10-13(12-25)20(26)11-22(18)27-21-9-8-15-14(5-3-6-17(15)21)16-4-1-2-7-19(16)24;2*1-12(9,10)11-5-6-3-2-4-7-8-6;8-4-5-2-1-3-6-7-5;1-2(6)3(5)4(7)8/h2-10,13-15,18,27,30,34,37H,11-12,16-17H2,1H3,(H,38,39);1-9,12-15,25H,10-11,16H2;1-7,10-12,21,26H,8-9H2;2*2-4H,5H2,1H3;1-3,8H,4H2;2-3,6H,5H2,1H3,(H,7,8)/t18-,27+,30+;25-;21-;;;;2-,3+/m100...1/s1. The maximum atomic E-state index is 14.6. The number of ether oxygens (including phenoxy) is 5. The number of benzene rings is 9. The number of fused-ring (bicyclic) bond motifs is 3. The number of aliphatic hydroxyl groups is 3. The van der Waals surface area contributed by atoms with Crippen LogP contribution >= 0.6 is 34.8 Å². The Kier molecular flexibility index (Phi) is 40.2. The Labute approximate surface area is 829 Å². The normalized spacial score (nSPS) is 14.3. The highest BCUT2D eigenvalue weighted by molar-refractivity contribution is 7.86. The number of phenols is 1. The van der Waals surface area contributed by atoms with E-state index in [2.05, 4.69) is 64.7 Å². The van der Waals surface area contributed by atoms with Crippen LogP contribution in [-0.2, 0) is 97.0 Å². The van der Waals surface area contributed by atoms with Gasteiger partial charge in [-0.05, 0) is 200 Å². The zero-order valence-corrected chi connectivity index (χ0v) is 80.3. The molecule has 17 rings (SSSR count). The van der Waals surface area contributed by atoms with E-state index in [1.54, 1.807) is 134 Å². The van der Waals surface area contributed by atoms with Gasteiger partial charge < -0.3 is 60.1 Å². The van der Waals surface area contributed by atoms with Gasteiger partial charge >= 0.3 is 11.9 Å². The Morgan fingerprint density at radius 3 is 1.09 bits per heavy atom. The molecule has 9 N–H and O–H groups in total. The highest BCUT2D eigenvalue weighted by Crippen LogP contribution is 2.48. The monoisotopic (exact) mass is 2040 g/mol. The number of nitrogens with one attached hydrogen (secondary N) is 1. The number of aliphatic carboxylic acids is 2. The minimum atomic E-state index is -3.39. The molecular formula is C101H96Cl3F3N12O21S2. The van der Waals surface area contributed by atoms with E-state index in [1.165, 1.54) is 62.6 Å². The van der Waals surface area contributed by atoms with Gasteiger partial charge in [-0.2, -0.15) is 67.8 Å². The van der Waals surface area contributed by atoms with Crippen molar-refractivity contribution >= 4 is 79.6 Å². The summed E-state index contributed by atoms with van der Waals surface area (Å²) < 4.78 is 125. The molecule has 0 amide bonds. The number of nitrogens with zero attached hydrogens (tertiary/aromatic N) is 10. The number of aromatic nitrogens is 10. The number of aromatic hydroxyl groups is 1. The number of phenolic OH excluding ortho intramolecular Hbond substituents is 1. The molecule has 0 radical (unpaired) electrons. The molecule has 142 heavy (non-hydrogen) atoms. The molecule has 3 aliphatic carbocycles. The van der Waals surface area contributed by atoms with Gasteiger partial charge in [0, 0.05) is 78.0 Å². The van der Waals surface area contributed by atoms with Crippen molar-refractivity contribution in [3.8, 4) is 67.9 Å². The van der Waals surface area contributed by atoms with Gasteiger partial charge in [-0.1, -0.05) is 144 Å². The number of rotatable bonds is 31. The molecular weight excluding hydrogens is 1940 g/mol. The molecule has 14 aromatic rings. The molecule has 33 nitrogen and oxygen atoms in total. The van der Waals surface area contributed by atoms with Gasteiger partial charge in [0.1, 0.15) is 120 Å². The number of nitrogens with two attached hydrogens (primary N) is 1. The van der Waals surface area contributed by atoms with E-state index in [0.29, 0.717) is 120 Å². The van der Waals surface area contributed by atoms with Crippen LogP contribution in [0, 0.1) is 17.5 Å². The number of carboxylic acids is 2. The summed E-state index contributed by atoms with van der Waals surface area (Å²) in [5, 5.41) is 95.2. The fraction of sp³-hybridized carbons (Fsp3) is 0.228. The molecule has 9 aromatic carbocycles. The van der Waals surface area contributed by atoms with E-state index in [0.717, 1.165) is 88.3 Å². The molecule has 0 unspecified atom stereocenters. The van der Waals surface area contributed by atoms with Gasteiger partial charge in [0.2, 0.25) is 0 Å². The van der Waals surface area contributed by atoms with Crippen LogP contribution in [0.25, 0.3) is 33.4 Å². The zero-order chi connectivity index (χ0) is 102. The van der Waals surface area contributed by atoms with E-state index in [4.69, 9.17) is 79.5 Å². The van der Waals surface area contributed by atoms with Gasteiger partial charge in [-0.3, -0.25) is 32.9 Å². The van der Waals surface area contributed by atoms with Crippen molar-refractivity contribution in [3.63, 3.8) is 0 Å². The van der Waals surface area contributed by atoms with Gasteiger partial charge in [0.15, 0.2) is 12.6 Å². The first-order valence-corrected chi connectivity index (χ1v) is 48.3. The zero-order valence-electron chi connectivity index (χ0n) is 76.4. The molecule has 0 spiro atoms. The molecule has 0 saturated heterocycles. The topological polar surface area (TPSA) is 490 Å². The second-order valence-electron chi connectivity index (χ2n) is 31.6. The van der Waals surface area contributed by atoms with E-state index in [-0.39, 0.29) is 91.7 Å². The Balaban J connectivity index is 0.000000172. The second-order valence-corrected chi connectivity index (χ2v) is 36.1. The summed E-state index contributed by atoms with van der Waals surface area (Å²) in [5.41, 5.74) is 19.1. The molecule has 0 aliphatic heterocycles. The van der Waals surface area contributed by atoms with Crippen LogP contribution in [0.4, 0.5) is 13.2 Å². The number of aldehydes is 2. The molecule has 0 saturated carbocycles. The van der Waals surface area contributed by atoms with Crippen molar-refractivity contribution in [2.24, 2.45) is 5.73 Å². The first-order chi connectivity index (χ1) is 68.2. The van der Waals surface area contributed by atoms with E-state index < -0.39 is 56.5 Å². The Morgan fingerprint density at radius 1 is 0.437 bits per heavy atom. The lowest BCUT2D eigenvalue weighted by Gasteiger charge is -2.21. The first kappa shape index (κ1) is 108. The van der Waals surface area contributed by atoms with Crippen LogP contribution in [0.15, 0.2) is 255 Å². The predicted octanol–water partition coefficient (Wildman–Crippen LogP) is 16.3. The Morgan fingerprint density at radius 2 is 0.775 bits per heavy atom. The predicted molar refractivity (Wildman–Crippen MR) is 519 cm³/mol. The number of carbonyl (C=O) groups is 4. The number of carbonyl (C=O) groups excluding carboxylic acids is 2. The molecule has 0 fully saturated rings. The van der Waals surface area contributed by atoms with Crippen LogP contribution in [0.2, 0.25) is 15.1 Å². The van der Waals surface area contributed by atoms with Crippen LogP contribution < -0.4 is 34.7 Å². The number of hydrogen-bond donors (Lipinski definition) is 8. The average Bonchev–Trinajstić information content (AvgIpc) is 1.62. The third-order valence-electron chi connectivity index (χ3n) is 21.4. The van der Waals surface area contributed by atoms with E-state index in [1.807, 2.05) is 72.8 Å². The smallest absolute Gasteiger partial charge is 0.323 e. The van der Waals surface area contributed by atoms with Crippen molar-refractivity contribution in [3.05, 3.63) is 367 Å². The van der Waals surface area contributed by atoms with Crippen molar-refractivity contribution in [2.45, 2.75) is 135 Å². The van der Waals surface area contributed by atoms with E-state index in [9.17, 15) is 64.5 Å². The molecule has 740 valence electrons. The van der Waals surface area contributed by atoms with Crippen molar-refractivity contribution in [1.29, 1.82) is 0 Å². The summed E-state index contributed by atoms with van der Waals surface area (Å²) >= 11 is 19.3. The maximum absolute atomic E-state index is 14.6. The number of hydrogen-bond acceptors (Lipinski definition) is 31. The Hall–Kier alpha value is -14.3. The Bertz CT molecular complexity index is 6780. The number of carboxylic acid groups (broad SMARTS) is 2. The lowest BCUT2D eigenvalue weighted by molar-refractivity contribution is -0.142. The minimum absolute atomic E-state index is 0.0339. The van der Waals surface area contributed by atoms with Crippen molar-refractivity contribution < 1.29 is 112 Å². The summed E-state index contributed by atoms with van der Waals surface area (Å²) in [6.45, 7) is 2.90. The van der Waals surface area contributed by atoms with Crippen LogP contribution in [-0.4, -0.2) is 160 Å². The highest BCUT2D eigenvalue weighted by Gasteiger charge is 2.33. The summed E-state index contributed by atoms with van der Waals surface area (Å²) in [7, 11) is -6.78. The highest BCUT2D eigenvalue weighted by atomic mass is 35.5. The van der Waals surface area contributed by atoms with Crippen molar-refractivity contribution in [2.75, 3.05) is 12.5 Å². The van der Waals surface area contributed by atoms with E-state index >= 15 is 0 Å². The molecule has 5 aromatic heterocycles. The van der Waals surface area contributed by atoms with Crippen LogP contribution in [0.5, 0.6) is 34.5 Å². The van der Waals surface area contributed by atoms with Gasteiger partial charge in [-0.25, -0.2) is 13.2 Å². The van der Waals surface area contributed by atoms with Gasteiger partial charge in [0.25, 0.3) is 20.2 Å². The van der Waals surface area contributed by atoms with Gasteiger partial charge in [-0.15, -0.1) is 0 Å². The largest absolute Gasteiger partial charge is 0.507 e. The third-order valence-corrected chi connectivity index (χ3v) is 23.4. The molecule has 41 heteroatoms. The fourth-order valence-electron chi connectivity index (χ4n) is 14.6. The number of halogens is 6. The summed E-state index contributed by atoms with van der Waals surface area (Å²) in [5.74, 6) is -1.44. The minimum Gasteiger partial charge on any atom is -0.507 e. The fourth-order valence-corrected chi connectivity index (χ4v) is 15.9. The van der Waals surface area contributed by atoms with Gasteiger partial charge in [0.05, 0.1) is 74.6 Å². The average molecular weight is 2040 g/mol. The molecule has 0 bridgehead atoms. The second kappa shape index (κ2) is 52.8. The summed E-state index contributed by atoms with van der Waals surface area (Å²) in [6, 6.07) is 61.6. The van der Waals surface area contributed by atoms with Crippen LogP contribution in [0.3, 0.4) is 0 Å². The quantitative estimate of drug-likeness (QED) is 0.0148. The molecule has 7 atom stereocenters. The number of aliphatic hydroxyl groups excluding tert-OH is 3. The lowest BCUT2D eigenvalue weighted by atomic mass is 9.96. The lowest BCUT2D eigenvalue weighted by Crippen LogP contribution is -2.44. The molecule has 3 aliphatic rings. The summed E-state index contributed by atoms with van der Waals surface area (Å²) in [6.07, 6.45) is 12.3. The van der Waals surface area contributed by atoms with Crippen molar-refractivity contribution in [1.82, 2.24) is 56.3 Å². The van der Waals surface area contributed by atoms with Crippen LogP contribution in [0.1, 0.15) is 140 Å². The molecule has 5 heterocycles. The SMILES string of the molecule is CS(=O)(=O)OCc1cccnn1.CS(=O)(=O)OCc1cccnn1.C[C@@H](O)[C@H](N)C(=O)O.C[C@@H](O)[C@H](NCc1cc(Cl)c(O[C@H]2CCc3c(-c4ccccc4F)cccc32)cc1OCc1cccnn1)C(=O)O.O=Cc1cc(Cl)c(O[C@H]2CCc3c(-c4ccccc4F)cccc32)cc1O.O=Cc1cc(Cl)c(O[C@H]2CCc3c(-c4ccccc4F)cccc32)cc1OCc1cccnn1.OCc1cccnn1. The maximum Gasteiger partial charge on any atom is 0.323 e. The first-order valence-electron chi connectivity index (χ1n) is 43.6.